The molecule has 2 atom stereocenters. The van der Waals surface area contributed by atoms with Crippen molar-refractivity contribution in [2.75, 3.05) is 32.8 Å². The summed E-state index contributed by atoms with van der Waals surface area (Å²) in [6, 6.07) is 3.93. The van der Waals surface area contributed by atoms with Crippen molar-refractivity contribution in [3.05, 3.63) is 22.4 Å². The monoisotopic (exact) mass is 324 g/mol. The SMILES string of the molecule is O=C(CN1C[C@@H]2CCOC[C@]2(C(=O)O)C1)NCc1cccs1. The molecule has 1 aromatic heterocycles. The molecule has 0 unspecified atom stereocenters. The van der Waals surface area contributed by atoms with E-state index in [9.17, 15) is 14.7 Å². The molecule has 0 aliphatic carbocycles. The van der Waals surface area contributed by atoms with E-state index in [4.69, 9.17) is 4.74 Å². The first-order valence-corrected chi connectivity index (χ1v) is 8.31. The van der Waals surface area contributed by atoms with E-state index in [-0.39, 0.29) is 25.0 Å². The van der Waals surface area contributed by atoms with Crippen LogP contribution in [0.3, 0.4) is 0 Å². The van der Waals surface area contributed by atoms with E-state index < -0.39 is 11.4 Å². The van der Waals surface area contributed by atoms with E-state index in [1.54, 1.807) is 11.3 Å². The molecule has 0 aromatic carbocycles. The van der Waals surface area contributed by atoms with Gasteiger partial charge >= 0.3 is 5.97 Å². The molecule has 2 N–H and O–H groups in total. The third-order valence-corrected chi connectivity index (χ3v) is 5.45. The maximum Gasteiger partial charge on any atom is 0.313 e. The van der Waals surface area contributed by atoms with Crippen molar-refractivity contribution in [3.63, 3.8) is 0 Å². The van der Waals surface area contributed by atoms with E-state index in [0.29, 0.717) is 26.2 Å². The average Bonchev–Trinajstić information content (AvgIpc) is 3.12. The van der Waals surface area contributed by atoms with Gasteiger partial charge in [-0.15, -0.1) is 11.3 Å². The number of amides is 1. The number of rotatable bonds is 5. The molecule has 6 nitrogen and oxygen atoms in total. The molecule has 2 fully saturated rings. The van der Waals surface area contributed by atoms with Crippen molar-refractivity contribution >= 4 is 23.2 Å². The topological polar surface area (TPSA) is 78.9 Å². The number of likely N-dealkylation sites (tertiary alicyclic amines) is 1. The number of carboxylic acid groups (broad SMARTS) is 1. The standard InChI is InChI=1S/C15H20N2O4S/c18-13(16-6-12-2-1-5-22-12)8-17-7-11-3-4-21-10-15(11,9-17)14(19)20/h1-2,5,11H,3-4,6-10H2,(H,16,18)(H,19,20)/t11-,15+/m0/s1. The van der Waals surface area contributed by atoms with Crippen LogP contribution in [0.5, 0.6) is 0 Å². The Balaban J connectivity index is 1.55. The highest BCUT2D eigenvalue weighted by Gasteiger charge is 2.54. The summed E-state index contributed by atoms with van der Waals surface area (Å²) in [5, 5.41) is 14.4. The molecule has 1 aromatic rings. The maximum absolute atomic E-state index is 12.0. The van der Waals surface area contributed by atoms with Crippen LogP contribution in [-0.4, -0.2) is 54.7 Å². The second-order valence-corrected chi connectivity index (χ2v) is 7.06. The molecule has 22 heavy (non-hydrogen) atoms. The minimum Gasteiger partial charge on any atom is -0.481 e. The Morgan fingerprint density at radius 3 is 3.09 bits per heavy atom. The number of hydrogen-bond donors (Lipinski definition) is 2. The summed E-state index contributed by atoms with van der Waals surface area (Å²) in [7, 11) is 0. The molecule has 0 radical (unpaired) electrons. The molecule has 2 aliphatic rings. The first-order chi connectivity index (χ1) is 10.6. The first kappa shape index (κ1) is 15.5. The Morgan fingerprint density at radius 1 is 1.55 bits per heavy atom. The van der Waals surface area contributed by atoms with Gasteiger partial charge in [0.15, 0.2) is 0 Å². The molecule has 2 aliphatic heterocycles. The molecular weight excluding hydrogens is 304 g/mol. The van der Waals surface area contributed by atoms with Gasteiger partial charge in [-0.3, -0.25) is 14.5 Å². The molecular formula is C15H20N2O4S. The number of ether oxygens (including phenoxy) is 1. The largest absolute Gasteiger partial charge is 0.481 e. The van der Waals surface area contributed by atoms with Crippen LogP contribution in [0, 0.1) is 11.3 Å². The highest BCUT2D eigenvalue weighted by molar-refractivity contribution is 7.09. The van der Waals surface area contributed by atoms with Gasteiger partial charge in [-0.05, 0) is 23.8 Å². The Morgan fingerprint density at radius 2 is 2.41 bits per heavy atom. The number of thiophene rings is 1. The Bertz CT molecular complexity index is 548. The molecule has 0 spiro atoms. The highest BCUT2D eigenvalue weighted by Crippen LogP contribution is 2.41. The number of nitrogens with zero attached hydrogens (tertiary/aromatic N) is 1. The number of carbonyl (C=O) groups is 2. The molecule has 3 heterocycles. The lowest BCUT2D eigenvalue weighted by Gasteiger charge is -2.34. The number of nitrogens with one attached hydrogen (secondary N) is 1. The Labute approximate surface area is 133 Å². The molecule has 0 bridgehead atoms. The molecule has 7 heteroatoms. The van der Waals surface area contributed by atoms with Gasteiger partial charge in [0.05, 0.1) is 19.7 Å². The predicted molar refractivity (Wildman–Crippen MR) is 81.6 cm³/mol. The minimum atomic E-state index is -0.841. The molecule has 2 saturated heterocycles. The summed E-state index contributed by atoms with van der Waals surface area (Å²) in [5.41, 5.74) is -0.841. The number of hydrogen-bond acceptors (Lipinski definition) is 5. The summed E-state index contributed by atoms with van der Waals surface area (Å²) >= 11 is 1.60. The second-order valence-electron chi connectivity index (χ2n) is 6.03. The summed E-state index contributed by atoms with van der Waals surface area (Å²) in [6.07, 6.45) is 0.750. The number of aliphatic carboxylic acids is 1. The highest BCUT2D eigenvalue weighted by atomic mass is 32.1. The van der Waals surface area contributed by atoms with E-state index in [1.165, 1.54) is 0 Å². The molecule has 0 saturated carbocycles. The Hall–Kier alpha value is -1.44. The zero-order valence-corrected chi connectivity index (χ0v) is 13.1. The fourth-order valence-electron chi connectivity index (χ4n) is 3.37. The van der Waals surface area contributed by atoms with Gasteiger partial charge in [-0.25, -0.2) is 0 Å². The minimum absolute atomic E-state index is 0.0616. The summed E-state index contributed by atoms with van der Waals surface area (Å²) in [5.74, 6) is -0.795. The van der Waals surface area contributed by atoms with Crippen LogP contribution in [-0.2, 0) is 20.9 Å². The van der Waals surface area contributed by atoms with Gasteiger partial charge in [0, 0.05) is 24.6 Å². The third kappa shape index (κ3) is 3.02. The fraction of sp³-hybridized carbons (Fsp3) is 0.600. The summed E-state index contributed by atoms with van der Waals surface area (Å²) in [4.78, 5) is 26.8. The van der Waals surface area contributed by atoms with Crippen LogP contribution in [0.1, 0.15) is 11.3 Å². The van der Waals surface area contributed by atoms with Crippen molar-refractivity contribution in [1.82, 2.24) is 10.2 Å². The second kappa shape index (κ2) is 6.36. The van der Waals surface area contributed by atoms with Crippen LogP contribution in [0.4, 0.5) is 0 Å². The van der Waals surface area contributed by atoms with E-state index in [0.717, 1.165) is 11.3 Å². The van der Waals surface area contributed by atoms with Crippen molar-refractivity contribution in [1.29, 1.82) is 0 Å². The van der Waals surface area contributed by atoms with Crippen LogP contribution in [0.15, 0.2) is 17.5 Å². The maximum atomic E-state index is 12.0. The third-order valence-electron chi connectivity index (χ3n) is 4.57. The Kier molecular flexibility index (Phi) is 4.46. The van der Waals surface area contributed by atoms with Crippen LogP contribution >= 0.6 is 11.3 Å². The van der Waals surface area contributed by atoms with Crippen molar-refractivity contribution in [3.8, 4) is 0 Å². The van der Waals surface area contributed by atoms with Crippen molar-refractivity contribution in [2.24, 2.45) is 11.3 Å². The van der Waals surface area contributed by atoms with E-state index in [2.05, 4.69) is 5.32 Å². The lowest BCUT2D eigenvalue weighted by Crippen LogP contribution is -2.46. The van der Waals surface area contributed by atoms with Crippen LogP contribution in [0.25, 0.3) is 0 Å². The summed E-state index contributed by atoms with van der Waals surface area (Å²) < 4.78 is 5.39. The van der Waals surface area contributed by atoms with Gasteiger partial charge in [0.2, 0.25) is 5.91 Å². The lowest BCUT2D eigenvalue weighted by atomic mass is 9.76. The van der Waals surface area contributed by atoms with Gasteiger partial charge < -0.3 is 15.2 Å². The van der Waals surface area contributed by atoms with Crippen LogP contribution < -0.4 is 5.32 Å². The number of carboxylic acids is 1. The van der Waals surface area contributed by atoms with Gasteiger partial charge in [0.25, 0.3) is 0 Å². The van der Waals surface area contributed by atoms with Crippen LogP contribution in [0.2, 0.25) is 0 Å². The van der Waals surface area contributed by atoms with Gasteiger partial charge in [-0.1, -0.05) is 6.07 Å². The molecule has 1 amide bonds. The van der Waals surface area contributed by atoms with E-state index >= 15 is 0 Å². The smallest absolute Gasteiger partial charge is 0.313 e. The van der Waals surface area contributed by atoms with Gasteiger partial charge in [0.1, 0.15) is 5.41 Å². The predicted octanol–water partition coefficient (Wildman–Crippen LogP) is 0.787. The number of fused-ring (bicyclic) bond motifs is 1. The summed E-state index contributed by atoms with van der Waals surface area (Å²) in [6.45, 7) is 2.68. The zero-order valence-electron chi connectivity index (χ0n) is 12.3. The normalized spacial score (nSPS) is 28.3. The average molecular weight is 324 g/mol. The number of carbonyl (C=O) groups excluding carboxylic acids is 1. The first-order valence-electron chi connectivity index (χ1n) is 7.43. The van der Waals surface area contributed by atoms with Crippen molar-refractivity contribution < 1.29 is 19.4 Å². The zero-order chi connectivity index (χ0) is 15.6. The van der Waals surface area contributed by atoms with Gasteiger partial charge in [-0.2, -0.15) is 0 Å². The fourth-order valence-corrected chi connectivity index (χ4v) is 4.02. The van der Waals surface area contributed by atoms with Crippen molar-refractivity contribution in [2.45, 2.75) is 13.0 Å². The molecule has 3 rings (SSSR count). The van der Waals surface area contributed by atoms with E-state index in [1.807, 2.05) is 22.4 Å². The quantitative estimate of drug-likeness (QED) is 0.837. The molecule has 120 valence electrons. The lowest BCUT2D eigenvalue weighted by molar-refractivity contribution is -0.160.